The number of aliphatic hydroxyl groups excluding tert-OH is 1. The maximum Gasteiger partial charge on any atom is 0.268 e. The fourth-order valence-corrected chi connectivity index (χ4v) is 2.73. The predicted octanol–water partition coefficient (Wildman–Crippen LogP) is 2.65. The Hall–Kier alpha value is -2.79. The van der Waals surface area contributed by atoms with Gasteiger partial charge in [0.2, 0.25) is 0 Å². The van der Waals surface area contributed by atoms with Gasteiger partial charge >= 0.3 is 0 Å². The average Bonchev–Trinajstić information content (AvgIpc) is 2.96. The highest BCUT2D eigenvalue weighted by molar-refractivity contribution is 5.98. The molecule has 0 bridgehead atoms. The quantitative estimate of drug-likeness (QED) is 0.758. The molecule has 0 saturated carbocycles. The van der Waals surface area contributed by atoms with Crippen molar-refractivity contribution in [1.82, 2.24) is 9.88 Å². The van der Waals surface area contributed by atoms with E-state index in [0.29, 0.717) is 5.69 Å². The molecule has 0 aliphatic rings. The molecule has 1 heterocycles. The number of amides is 1. The zero-order chi connectivity index (χ0) is 17.1. The number of nitrogens with one attached hydrogen (secondary N) is 1. The van der Waals surface area contributed by atoms with Crippen molar-refractivity contribution < 1.29 is 14.6 Å². The molecule has 1 amide bonds. The van der Waals surface area contributed by atoms with E-state index in [0.717, 1.165) is 22.2 Å². The summed E-state index contributed by atoms with van der Waals surface area (Å²) in [5.74, 6) is 0.520. The lowest BCUT2D eigenvalue weighted by Crippen LogP contribution is -2.29. The van der Waals surface area contributed by atoms with Crippen LogP contribution in [0.15, 0.2) is 54.6 Å². The summed E-state index contributed by atoms with van der Waals surface area (Å²) < 4.78 is 6.94. The van der Waals surface area contributed by atoms with Crippen molar-refractivity contribution in [2.75, 3.05) is 13.7 Å². The summed E-state index contributed by atoms with van der Waals surface area (Å²) in [7, 11) is 3.45. The van der Waals surface area contributed by atoms with Crippen LogP contribution in [-0.2, 0) is 7.05 Å². The van der Waals surface area contributed by atoms with Crippen molar-refractivity contribution in [3.8, 4) is 5.75 Å². The zero-order valence-electron chi connectivity index (χ0n) is 13.7. The number of carbonyl (C=O) groups excluding carboxylic acids is 1. The number of hydrogen-bond acceptors (Lipinski definition) is 3. The molecular formula is C19H20N2O3. The Morgan fingerprint density at radius 2 is 1.92 bits per heavy atom. The third-order valence-electron chi connectivity index (χ3n) is 4.14. The average molecular weight is 324 g/mol. The third kappa shape index (κ3) is 3.12. The van der Waals surface area contributed by atoms with E-state index in [1.807, 2.05) is 41.9 Å². The maximum atomic E-state index is 12.4. The molecular weight excluding hydrogens is 304 g/mol. The van der Waals surface area contributed by atoms with Crippen LogP contribution in [0, 0.1) is 0 Å². The van der Waals surface area contributed by atoms with Crippen LogP contribution in [-0.4, -0.2) is 29.2 Å². The van der Waals surface area contributed by atoms with E-state index < -0.39 is 6.10 Å². The number of methoxy groups -OCH3 is 1. The normalized spacial score (nSPS) is 12.1. The smallest absolute Gasteiger partial charge is 0.268 e. The Morgan fingerprint density at radius 3 is 2.58 bits per heavy atom. The second kappa shape index (κ2) is 6.76. The van der Waals surface area contributed by atoms with E-state index in [2.05, 4.69) is 5.32 Å². The highest BCUT2D eigenvalue weighted by Gasteiger charge is 2.15. The molecule has 0 unspecified atom stereocenters. The fourth-order valence-electron chi connectivity index (χ4n) is 2.73. The van der Waals surface area contributed by atoms with E-state index >= 15 is 0 Å². The number of aromatic nitrogens is 1. The summed E-state index contributed by atoms with van der Waals surface area (Å²) in [6, 6.07) is 16.8. The van der Waals surface area contributed by atoms with Crippen molar-refractivity contribution in [2.24, 2.45) is 7.05 Å². The van der Waals surface area contributed by atoms with Crippen LogP contribution < -0.4 is 10.1 Å². The number of rotatable bonds is 5. The highest BCUT2D eigenvalue weighted by atomic mass is 16.5. The van der Waals surface area contributed by atoms with Gasteiger partial charge in [-0.3, -0.25) is 4.79 Å². The molecule has 24 heavy (non-hydrogen) atoms. The summed E-state index contributed by atoms with van der Waals surface area (Å²) in [6.07, 6.45) is -0.769. The Bertz CT molecular complexity index is 853. The van der Waals surface area contributed by atoms with Crippen LogP contribution in [0.2, 0.25) is 0 Å². The van der Waals surface area contributed by atoms with Gasteiger partial charge < -0.3 is 19.7 Å². The number of aryl methyl sites for hydroxylation is 1. The number of hydrogen-bond donors (Lipinski definition) is 2. The first-order valence-corrected chi connectivity index (χ1v) is 7.75. The van der Waals surface area contributed by atoms with Gasteiger partial charge in [0.05, 0.1) is 13.2 Å². The van der Waals surface area contributed by atoms with Gasteiger partial charge in [0.25, 0.3) is 5.91 Å². The van der Waals surface area contributed by atoms with E-state index in [1.165, 1.54) is 0 Å². The molecule has 3 aromatic rings. The van der Waals surface area contributed by atoms with Gasteiger partial charge in [-0.2, -0.15) is 0 Å². The van der Waals surface area contributed by atoms with Crippen molar-refractivity contribution in [2.45, 2.75) is 6.10 Å². The van der Waals surface area contributed by atoms with E-state index in [9.17, 15) is 9.90 Å². The van der Waals surface area contributed by atoms with Gasteiger partial charge in [0, 0.05) is 24.5 Å². The topological polar surface area (TPSA) is 63.5 Å². The molecule has 0 radical (unpaired) electrons. The lowest BCUT2D eigenvalue weighted by Gasteiger charge is -2.13. The molecule has 1 aromatic heterocycles. The monoisotopic (exact) mass is 324 g/mol. The van der Waals surface area contributed by atoms with Crippen LogP contribution in [0.1, 0.15) is 22.2 Å². The van der Waals surface area contributed by atoms with Gasteiger partial charge in [-0.15, -0.1) is 0 Å². The highest BCUT2D eigenvalue weighted by Crippen LogP contribution is 2.19. The van der Waals surface area contributed by atoms with Crippen molar-refractivity contribution in [3.05, 3.63) is 65.9 Å². The molecule has 2 N–H and O–H groups in total. The SMILES string of the molecule is COc1ccc([C@@H](O)CNC(=O)c2cc3ccccc3n2C)cc1. The van der Waals surface area contributed by atoms with Gasteiger partial charge in [-0.05, 0) is 29.8 Å². The fraction of sp³-hybridized carbons (Fsp3) is 0.211. The summed E-state index contributed by atoms with van der Waals surface area (Å²) in [5.41, 5.74) is 2.30. The minimum absolute atomic E-state index is 0.146. The first-order chi connectivity index (χ1) is 11.6. The van der Waals surface area contributed by atoms with Crippen LogP contribution in [0.4, 0.5) is 0 Å². The first-order valence-electron chi connectivity index (χ1n) is 7.75. The van der Waals surface area contributed by atoms with Crippen LogP contribution in [0.25, 0.3) is 10.9 Å². The third-order valence-corrected chi connectivity index (χ3v) is 4.14. The summed E-state index contributed by atoms with van der Waals surface area (Å²) in [5, 5.41) is 14.0. The van der Waals surface area contributed by atoms with Gasteiger partial charge in [0.15, 0.2) is 0 Å². The van der Waals surface area contributed by atoms with E-state index in [1.54, 1.807) is 31.4 Å². The van der Waals surface area contributed by atoms with E-state index in [4.69, 9.17) is 4.74 Å². The molecule has 1 atom stereocenters. The number of fused-ring (bicyclic) bond motifs is 1. The summed E-state index contributed by atoms with van der Waals surface area (Å²) >= 11 is 0. The Balaban J connectivity index is 1.68. The Kier molecular flexibility index (Phi) is 4.53. The van der Waals surface area contributed by atoms with Crippen molar-refractivity contribution in [1.29, 1.82) is 0 Å². The minimum atomic E-state index is -0.769. The van der Waals surface area contributed by atoms with Gasteiger partial charge in [-0.25, -0.2) is 0 Å². The maximum absolute atomic E-state index is 12.4. The Morgan fingerprint density at radius 1 is 1.21 bits per heavy atom. The molecule has 5 nitrogen and oxygen atoms in total. The standard InChI is InChI=1S/C19H20N2O3/c1-21-16-6-4-3-5-14(16)11-17(21)19(23)20-12-18(22)13-7-9-15(24-2)10-8-13/h3-11,18,22H,12H2,1-2H3,(H,20,23)/t18-/m0/s1. The minimum Gasteiger partial charge on any atom is -0.497 e. The zero-order valence-corrected chi connectivity index (χ0v) is 13.7. The molecule has 124 valence electrons. The van der Waals surface area contributed by atoms with Crippen LogP contribution >= 0.6 is 0 Å². The molecule has 3 rings (SSSR count). The largest absolute Gasteiger partial charge is 0.497 e. The summed E-state index contributed by atoms with van der Waals surface area (Å²) in [6.45, 7) is 0.146. The van der Waals surface area contributed by atoms with Crippen LogP contribution in [0.3, 0.4) is 0 Å². The van der Waals surface area contributed by atoms with E-state index in [-0.39, 0.29) is 12.5 Å². The number of ether oxygens (including phenoxy) is 1. The lowest BCUT2D eigenvalue weighted by atomic mass is 10.1. The second-order valence-corrected chi connectivity index (χ2v) is 5.65. The lowest BCUT2D eigenvalue weighted by molar-refractivity contribution is 0.0908. The second-order valence-electron chi connectivity index (χ2n) is 5.65. The molecule has 0 aliphatic carbocycles. The molecule has 0 fully saturated rings. The molecule has 0 aliphatic heterocycles. The first kappa shape index (κ1) is 16.1. The number of carbonyl (C=O) groups is 1. The van der Waals surface area contributed by atoms with Crippen molar-refractivity contribution in [3.63, 3.8) is 0 Å². The molecule has 0 saturated heterocycles. The Labute approximate surface area is 140 Å². The van der Waals surface area contributed by atoms with Crippen molar-refractivity contribution >= 4 is 16.8 Å². The number of aliphatic hydroxyl groups is 1. The number of nitrogens with zero attached hydrogens (tertiary/aromatic N) is 1. The molecule has 5 heteroatoms. The van der Waals surface area contributed by atoms with Gasteiger partial charge in [-0.1, -0.05) is 30.3 Å². The summed E-state index contributed by atoms with van der Waals surface area (Å²) in [4.78, 5) is 12.4. The van der Waals surface area contributed by atoms with Crippen LogP contribution in [0.5, 0.6) is 5.75 Å². The predicted molar refractivity (Wildman–Crippen MR) is 93.2 cm³/mol. The molecule has 0 spiro atoms. The molecule has 2 aromatic carbocycles. The number of benzene rings is 2. The van der Waals surface area contributed by atoms with Gasteiger partial charge in [0.1, 0.15) is 11.4 Å². The number of para-hydroxylation sites is 1.